The Morgan fingerprint density at radius 2 is 2.05 bits per heavy atom. The fourth-order valence-corrected chi connectivity index (χ4v) is 3.64. The maximum atomic E-state index is 11.0. The summed E-state index contributed by atoms with van der Waals surface area (Å²) in [5.41, 5.74) is 1.80. The van der Waals surface area contributed by atoms with Crippen molar-refractivity contribution in [3.05, 3.63) is 40.2 Å². The van der Waals surface area contributed by atoms with Crippen molar-refractivity contribution < 1.29 is 9.90 Å². The van der Waals surface area contributed by atoms with Gasteiger partial charge >= 0.3 is 5.97 Å². The molecule has 0 fully saturated rings. The number of nitrogens with zero attached hydrogens (tertiary/aromatic N) is 1. The van der Waals surface area contributed by atoms with E-state index in [-0.39, 0.29) is 6.42 Å². The highest BCUT2D eigenvalue weighted by molar-refractivity contribution is 7.99. The van der Waals surface area contributed by atoms with Crippen molar-refractivity contribution in [1.29, 1.82) is 0 Å². The number of carboxylic acid groups (broad SMARTS) is 1. The lowest BCUT2D eigenvalue weighted by atomic mass is 10.1. The highest BCUT2D eigenvalue weighted by Crippen LogP contribution is 2.31. The number of thioether (sulfide) groups is 1. The van der Waals surface area contributed by atoms with E-state index in [2.05, 4.69) is 18.8 Å². The standard InChI is InChI=1S/C15H17NO2S2/c1-10(2)19-9-13-16-15(11-6-4-3-5-7-11)12(20-13)8-14(17)18/h3-7,10H,8-9H2,1-2H3,(H,17,18). The fraction of sp³-hybridized carbons (Fsp3) is 0.333. The van der Waals surface area contributed by atoms with Gasteiger partial charge in [-0.05, 0) is 5.25 Å². The lowest BCUT2D eigenvalue weighted by Gasteiger charge is -2.00. The number of rotatable bonds is 6. The van der Waals surface area contributed by atoms with Crippen molar-refractivity contribution in [3.8, 4) is 11.3 Å². The molecule has 1 aromatic heterocycles. The van der Waals surface area contributed by atoms with Gasteiger partial charge in [0, 0.05) is 16.2 Å². The average Bonchev–Trinajstić information content (AvgIpc) is 2.79. The minimum Gasteiger partial charge on any atom is -0.481 e. The second kappa shape index (κ2) is 6.90. The maximum Gasteiger partial charge on any atom is 0.308 e. The first kappa shape index (κ1) is 15.1. The minimum absolute atomic E-state index is 0.0360. The highest BCUT2D eigenvalue weighted by atomic mass is 32.2. The Bertz CT molecular complexity index is 579. The SMILES string of the molecule is CC(C)SCc1nc(-c2ccccc2)c(CC(=O)O)s1. The molecular formula is C15H17NO2S2. The molecule has 0 radical (unpaired) electrons. The quantitative estimate of drug-likeness (QED) is 0.873. The third-order valence-electron chi connectivity index (χ3n) is 2.64. The summed E-state index contributed by atoms with van der Waals surface area (Å²) >= 11 is 3.33. The van der Waals surface area contributed by atoms with Gasteiger partial charge in [0.1, 0.15) is 5.01 Å². The second-order valence-electron chi connectivity index (χ2n) is 4.68. The van der Waals surface area contributed by atoms with Gasteiger partial charge in [-0.2, -0.15) is 11.8 Å². The molecule has 5 heteroatoms. The Morgan fingerprint density at radius 3 is 2.65 bits per heavy atom. The Morgan fingerprint density at radius 1 is 1.35 bits per heavy atom. The lowest BCUT2D eigenvalue weighted by Crippen LogP contribution is -1.99. The van der Waals surface area contributed by atoms with Gasteiger partial charge in [0.2, 0.25) is 0 Å². The number of carboxylic acids is 1. The molecule has 3 nitrogen and oxygen atoms in total. The number of hydrogen-bond donors (Lipinski definition) is 1. The van der Waals surface area contributed by atoms with E-state index in [4.69, 9.17) is 5.11 Å². The first-order valence-electron chi connectivity index (χ1n) is 6.43. The summed E-state index contributed by atoms with van der Waals surface area (Å²) < 4.78 is 0. The molecule has 0 aliphatic rings. The molecular weight excluding hydrogens is 290 g/mol. The predicted molar refractivity (Wildman–Crippen MR) is 85.3 cm³/mol. The molecule has 0 spiro atoms. The van der Waals surface area contributed by atoms with Crippen LogP contribution < -0.4 is 0 Å². The molecule has 2 aromatic rings. The first-order chi connectivity index (χ1) is 9.56. The zero-order chi connectivity index (χ0) is 14.5. The molecule has 0 saturated carbocycles. The van der Waals surface area contributed by atoms with Crippen molar-refractivity contribution in [2.45, 2.75) is 31.3 Å². The molecule has 0 amide bonds. The summed E-state index contributed by atoms with van der Waals surface area (Å²) in [6, 6.07) is 9.78. The normalized spacial score (nSPS) is 10.9. The van der Waals surface area contributed by atoms with Crippen LogP contribution in [0.15, 0.2) is 30.3 Å². The van der Waals surface area contributed by atoms with Gasteiger partial charge in [0.05, 0.1) is 12.1 Å². The molecule has 0 unspecified atom stereocenters. The lowest BCUT2D eigenvalue weighted by molar-refractivity contribution is -0.136. The van der Waals surface area contributed by atoms with Crippen LogP contribution >= 0.6 is 23.1 Å². The molecule has 1 aromatic carbocycles. The smallest absolute Gasteiger partial charge is 0.308 e. The van der Waals surface area contributed by atoms with Gasteiger partial charge in [0.25, 0.3) is 0 Å². The molecule has 2 rings (SSSR count). The molecule has 1 N–H and O–H groups in total. The van der Waals surface area contributed by atoms with Gasteiger partial charge < -0.3 is 5.11 Å². The Hall–Kier alpha value is -1.33. The van der Waals surface area contributed by atoms with Gasteiger partial charge in [-0.3, -0.25) is 4.79 Å². The van der Waals surface area contributed by atoms with E-state index in [1.165, 1.54) is 11.3 Å². The Balaban J connectivity index is 2.30. The van der Waals surface area contributed by atoms with E-state index in [0.29, 0.717) is 5.25 Å². The topological polar surface area (TPSA) is 50.2 Å². The number of aliphatic carboxylic acids is 1. The zero-order valence-corrected chi connectivity index (χ0v) is 13.1. The van der Waals surface area contributed by atoms with Gasteiger partial charge in [-0.15, -0.1) is 11.3 Å². The van der Waals surface area contributed by atoms with E-state index < -0.39 is 5.97 Å². The monoisotopic (exact) mass is 307 g/mol. The van der Waals surface area contributed by atoms with Crippen LogP contribution in [0.1, 0.15) is 23.7 Å². The fourth-order valence-electron chi connectivity index (χ4n) is 1.78. The van der Waals surface area contributed by atoms with E-state index >= 15 is 0 Å². The van der Waals surface area contributed by atoms with Crippen LogP contribution in [0.25, 0.3) is 11.3 Å². The number of thiazole rings is 1. The zero-order valence-electron chi connectivity index (χ0n) is 11.5. The summed E-state index contributed by atoms with van der Waals surface area (Å²) in [6.07, 6.45) is 0.0360. The summed E-state index contributed by atoms with van der Waals surface area (Å²) in [5.74, 6) is 0.0239. The van der Waals surface area contributed by atoms with Crippen LogP contribution in [0.5, 0.6) is 0 Å². The van der Waals surface area contributed by atoms with Crippen LogP contribution in [-0.2, 0) is 17.0 Å². The van der Waals surface area contributed by atoms with Crippen molar-refractivity contribution in [3.63, 3.8) is 0 Å². The summed E-state index contributed by atoms with van der Waals surface area (Å²) in [7, 11) is 0. The third kappa shape index (κ3) is 4.08. The number of benzene rings is 1. The molecule has 106 valence electrons. The van der Waals surface area contributed by atoms with Crippen molar-refractivity contribution in [2.75, 3.05) is 0 Å². The summed E-state index contributed by atoms with van der Waals surface area (Å²) in [6.45, 7) is 4.29. The summed E-state index contributed by atoms with van der Waals surface area (Å²) in [4.78, 5) is 16.5. The van der Waals surface area contributed by atoms with Crippen molar-refractivity contribution >= 4 is 29.1 Å². The molecule has 0 aliphatic carbocycles. The van der Waals surface area contributed by atoms with E-state index in [0.717, 1.165) is 26.9 Å². The van der Waals surface area contributed by atoms with Crippen molar-refractivity contribution in [1.82, 2.24) is 4.98 Å². The van der Waals surface area contributed by atoms with E-state index in [1.807, 2.05) is 42.1 Å². The molecule has 0 saturated heterocycles. The third-order valence-corrected chi connectivity index (χ3v) is 4.99. The maximum absolute atomic E-state index is 11.0. The molecule has 0 aliphatic heterocycles. The van der Waals surface area contributed by atoms with Crippen LogP contribution in [-0.4, -0.2) is 21.3 Å². The Kier molecular flexibility index (Phi) is 5.20. The highest BCUT2D eigenvalue weighted by Gasteiger charge is 2.15. The van der Waals surface area contributed by atoms with Crippen LogP contribution in [0, 0.1) is 0 Å². The van der Waals surface area contributed by atoms with E-state index in [9.17, 15) is 4.79 Å². The van der Waals surface area contributed by atoms with Gasteiger partial charge in [0.15, 0.2) is 0 Å². The average molecular weight is 307 g/mol. The van der Waals surface area contributed by atoms with Crippen LogP contribution in [0.4, 0.5) is 0 Å². The molecule has 20 heavy (non-hydrogen) atoms. The van der Waals surface area contributed by atoms with E-state index in [1.54, 1.807) is 0 Å². The largest absolute Gasteiger partial charge is 0.481 e. The Labute approximate surface area is 127 Å². The predicted octanol–water partition coefficient (Wildman–Crippen LogP) is 4.08. The summed E-state index contributed by atoms with van der Waals surface area (Å²) in [5, 5.41) is 10.6. The van der Waals surface area contributed by atoms with Gasteiger partial charge in [-0.1, -0.05) is 44.2 Å². The van der Waals surface area contributed by atoms with Gasteiger partial charge in [-0.25, -0.2) is 4.98 Å². The van der Waals surface area contributed by atoms with Crippen molar-refractivity contribution in [2.24, 2.45) is 0 Å². The van der Waals surface area contributed by atoms with Crippen LogP contribution in [0.3, 0.4) is 0 Å². The second-order valence-corrected chi connectivity index (χ2v) is 7.41. The molecule has 1 heterocycles. The molecule has 0 bridgehead atoms. The number of aromatic nitrogens is 1. The van der Waals surface area contributed by atoms with Crippen LogP contribution in [0.2, 0.25) is 0 Å². The number of hydrogen-bond acceptors (Lipinski definition) is 4. The molecule has 0 atom stereocenters. The first-order valence-corrected chi connectivity index (χ1v) is 8.30. The number of carbonyl (C=O) groups is 1. The minimum atomic E-state index is -0.811.